The molecule has 4 rings (SSSR count). The van der Waals surface area contributed by atoms with Gasteiger partial charge in [0.15, 0.2) is 0 Å². The Balaban J connectivity index is 1.47. The summed E-state index contributed by atoms with van der Waals surface area (Å²) in [7, 11) is 1.86. The van der Waals surface area contributed by atoms with E-state index >= 15 is 0 Å². The van der Waals surface area contributed by atoms with Gasteiger partial charge in [0.05, 0.1) is 11.6 Å². The van der Waals surface area contributed by atoms with Crippen molar-refractivity contribution in [2.45, 2.75) is 59.4 Å². The Bertz CT molecular complexity index is 1380. The van der Waals surface area contributed by atoms with Gasteiger partial charge in [-0.3, -0.25) is 4.68 Å². The van der Waals surface area contributed by atoms with Crippen LogP contribution in [0.25, 0.3) is 11.3 Å². The van der Waals surface area contributed by atoms with Crippen LogP contribution in [-0.2, 0) is 7.05 Å². The number of allylic oxidation sites excluding steroid dienone is 1. The predicted molar refractivity (Wildman–Crippen MR) is 158 cm³/mol. The standard InChI is InChI=1S/C33H40N4O/c1-23-11-18-31(38)29(20-23)32-27(22-36(7)35-32)15-12-26-13-16-28(17-14-26)34-25(3)30-10-8-9-19-37(30)24(2)21-33(4,5)6/h11,13-14,16-18,20,22,30,34,38H,2-3,8-10,19,21H2,1,4-7H3. The molecule has 5 heteroatoms. The van der Waals surface area contributed by atoms with Crippen molar-refractivity contribution in [2.24, 2.45) is 12.5 Å². The second-order valence-corrected chi connectivity index (χ2v) is 11.6. The van der Waals surface area contributed by atoms with E-state index in [1.807, 2.05) is 56.6 Å². The number of aromatic nitrogens is 2. The first-order valence-electron chi connectivity index (χ1n) is 13.4. The summed E-state index contributed by atoms with van der Waals surface area (Å²) in [5.41, 5.74) is 7.53. The summed E-state index contributed by atoms with van der Waals surface area (Å²) in [6, 6.07) is 13.9. The summed E-state index contributed by atoms with van der Waals surface area (Å²) in [5, 5.41) is 18.5. The number of aryl methyl sites for hydroxylation is 2. The van der Waals surface area contributed by atoms with Gasteiger partial charge >= 0.3 is 0 Å². The van der Waals surface area contributed by atoms with Crippen LogP contribution in [0.15, 0.2) is 73.2 Å². The van der Waals surface area contributed by atoms with Crippen molar-refractivity contribution in [3.05, 3.63) is 89.9 Å². The number of benzene rings is 2. The Morgan fingerprint density at radius 3 is 2.55 bits per heavy atom. The molecule has 2 N–H and O–H groups in total. The first-order valence-corrected chi connectivity index (χ1v) is 13.4. The highest BCUT2D eigenvalue weighted by molar-refractivity contribution is 5.73. The molecular formula is C33H40N4O. The number of aromatic hydroxyl groups is 1. The third-order valence-electron chi connectivity index (χ3n) is 6.81. The number of hydrogen-bond acceptors (Lipinski definition) is 4. The zero-order valence-electron chi connectivity index (χ0n) is 23.4. The second kappa shape index (κ2) is 11.2. The Labute approximate surface area is 227 Å². The summed E-state index contributed by atoms with van der Waals surface area (Å²) < 4.78 is 1.73. The molecule has 3 aromatic rings. The molecule has 0 saturated carbocycles. The van der Waals surface area contributed by atoms with Crippen molar-refractivity contribution in [3.63, 3.8) is 0 Å². The highest BCUT2D eigenvalue weighted by Gasteiger charge is 2.27. The molecule has 1 aliphatic heterocycles. The van der Waals surface area contributed by atoms with Gasteiger partial charge in [0.25, 0.3) is 0 Å². The van der Waals surface area contributed by atoms with Crippen LogP contribution in [-0.4, -0.2) is 32.4 Å². The molecule has 2 aromatic carbocycles. The lowest BCUT2D eigenvalue weighted by Gasteiger charge is -2.41. The van der Waals surface area contributed by atoms with E-state index in [1.54, 1.807) is 10.7 Å². The van der Waals surface area contributed by atoms with Crippen molar-refractivity contribution < 1.29 is 5.11 Å². The van der Waals surface area contributed by atoms with E-state index in [9.17, 15) is 5.11 Å². The molecular weight excluding hydrogens is 468 g/mol. The van der Waals surface area contributed by atoms with E-state index in [4.69, 9.17) is 0 Å². The normalized spacial score (nSPS) is 15.5. The van der Waals surface area contributed by atoms with Crippen LogP contribution in [0.2, 0.25) is 0 Å². The van der Waals surface area contributed by atoms with Gasteiger partial charge in [-0.1, -0.05) is 57.4 Å². The molecule has 0 aliphatic carbocycles. The molecule has 1 unspecified atom stereocenters. The number of hydrogen-bond donors (Lipinski definition) is 2. The van der Waals surface area contributed by atoms with Gasteiger partial charge in [-0.25, -0.2) is 0 Å². The van der Waals surface area contributed by atoms with Gasteiger partial charge in [-0.15, -0.1) is 0 Å². The van der Waals surface area contributed by atoms with E-state index < -0.39 is 0 Å². The molecule has 0 amide bonds. The zero-order chi connectivity index (χ0) is 27.4. The van der Waals surface area contributed by atoms with Crippen LogP contribution in [0.1, 0.15) is 63.1 Å². The highest BCUT2D eigenvalue weighted by atomic mass is 16.3. The quantitative estimate of drug-likeness (QED) is 0.345. The van der Waals surface area contributed by atoms with Crippen LogP contribution in [0.4, 0.5) is 5.69 Å². The third-order valence-corrected chi connectivity index (χ3v) is 6.81. The van der Waals surface area contributed by atoms with Crippen molar-refractivity contribution in [1.29, 1.82) is 0 Å². The topological polar surface area (TPSA) is 53.3 Å². The Hall–Kier alpha value is -3.91. The van der Waals surface area contributed by atoms with Crippen molar-refractivity contribution in [3.8, 4) is 28.8 Å². The minimum atomic E-state index is 0.200. The third kappa shape index (κ3) is 6.69. The van der Waals surface area contributed by atoms with E-state index in [1.165, 1.54) is 18.5 Å². The molecule has 1 atom stereocenters. The van der Waals surface area contributed by atoms with Crippen LogP contribution in [0, 0.1) is 24.2 Å². The smallest absolute Gasteiger partial charge is 0.125 e. The molecule has 0 spiro atoms. The van der Waals surface area contributed by atoms with Gasteiger partial charge in [0.2, 0.25) is 0 Å². The molecule has 1 fully saturated rings. The number of rotatable bonds is 6. The fourth-order valence-electron chi connectivity index (χ4n) is 5.05. The van der Waals surface area contributed by atoms with Crippen LogP contribution in [0.5, 0.6) is 5.75 Å². The number of phenolic OH excluding ortho intramolecular Hbond substituents is 1. The molecule has 0 bridgehead atoms. The Morgan fingerprint density at radius 2 is 1.84 bits per heavy atom. The van der Waals surface area contributed by atoms with E-state index in [2.05, 4.69) is 61.1 Å². The molecule has 1 aromatic heterocycles. The Morgan fingerprint density at radius 1 is 1.11 bits per heavy atom. The largest absolute Gasteiger partial charge is 0.507 e. The maximum atomic E-state index is 10.4. The summed E-state index contributed by atoms with van der Waals surface area (Å²) in [5.74, 6) is 6.70. The summed E-state index contributed by atoms with van der Waals surface area (Å²) in [6.45, 7) is 18.6. The van der Waals surface area contributed by atoms with Crippen LogP contribution < -0.4 is 5.32 Å². The number of phenols is 1. The SMILES string of the molecule is C=C(Nc1ccc(C#Cc2cn(C)nc2-c2cc(C)ccc2O)cc1)C1CCCCN1C(=C)CC(C)(C)C. The summed E-state index contributed by atoms with van der Waals surface area (Å²) in [6.07, 6.45) is 6.35. The van der Waals surface area contributed by atoms with Crippen molar-refractivity contribution in [2.75, 3.05) is 11.9 Å². The number of nitrogens with one attached hydrogen (secondary N) is 1. The van der Waals surface area contributed by atoms with Gasteiger partial charge in [0, 0.05) is 48.0 Å². The maximum absolute atomic E-state index is 10.4. The fourth-order valence-corrected chi connectivity index (χ4v) is 5.05. The minimum absolute atomic E-state index is 0.200. The molecule has 2 heterocycles. The van der Waals surface area contributed by atoms with Crippen LogP contribution >= 0.6 is 0 Å². The van der Waals surface area contributed by atoms with E-state index in [0.29, 0.717) is 11.3 Å². The van der Waals surface area contributed by atoms with Gasteiger partial charge in [-0.2, -0.15) is 5.10 Å². The molecule has 1 saturated heterocycles. The average molecular weight is 509 g/mol. The maximum Gasteiger partial charge on any atom is 0.125 e. The number of anilines is 1. The molecule has 0 radical (unpaired) electrons. The van der Waals surface area contributed by atoms with Crippen molar-refractivity contribution in [1.82, 2.24) is 14.7 Å². The lowest BCUT2D eigenvalue weighted by Crippen LogP contribution is -2.41. The minimum Gasteiger partial charge on any atom is -0.507 e. The first kappa shape index (κ1) is 27.1. The second-order valence-electron chi connectivity index (χ2n) is 11.6. The highest BCUT2D eigenvalue weighted by Crippen LogP contribution is 2.33. The van der Waals surface area contributed by atoms with Gasteiger partial charge < -0.3 is 15.3 Å². The predicted octanol–water partition coefficient (Wildman–Crippen LogP) is 7.23. The molecule has 5 nitrogen and oxygen atoms in total. The fraction of sp³-hybridized carbons (Fsp3) is 0.364. The van der Waals surface area contributed by atoms with E-state index in [-0.39, 0.29) is 17.2 Å². The van der Waals surface area contributed by atoms with Crippen molar-refractivity contribution >= 4 is 5.69 Å². The van der Waals surface area contributed by atoms with Crippen LogP contribution in [0.3, 0.4) is 0 Å². The summed E-state index contributed by atoms with van der Waals surface area (Å²) >= 11 is 0. The number of likely N-dealkylation sites (tertiary alicyclic amines) is 1. The Kier molecular flexibility index (Phi) is 8.02. The zero-order valence-corrected chi connectivity index (χ0v) is 23.4. The van der Waals surface area contributed by atoms with Gasteiger partial charge in [-0.05, 0) is 74.4 Å². The number of piperidine rings is 1. The molecule has 1 aliphatic rings. The number of nitrogens with zero attached hydrogens (tertiary/aromatic N) is 3. The monoisotopic (exact) mass is 508 g/mol. The average Bonchev–Trinajstić information content (AvgIpc) is 3.24. The van der Waals surface area contributed by atoms with Gasteiger partial charge in [0.1, 0.15) is 11.4 Å². The first-order chi connectivity index (χ1) is 18.0. The molecule has 198 valence electrons. The van der Waals surface area contributed by atoms with E-state index in [0.717, 1.165) is 47.5 Å². The lowest BCUT2D eigenvalue weighted by atomic mass is 9.89. The lowest BCUT2D eigenvalue weighted by molar-refractivity contribution is 0.200. The summed E-state index contributed by atoms with van der Waals surface area (Å²) in [4.78, 5) is 2.45. The molecule has 38 heavy (non-hydrogen) atoms.